The van der Waals surface area contributed by atoms with Crippen molar-refractivity contribution in [1.82, 2.24) is 20.2 Å². The summed E-state index contributed by atoms with van der Waals surface area (Å²) in [6.07, 6.45) is 5.52. The number of nitrogens with one attached hydrogen (secondary N) is 1. The molecule has 1 aromatic carbocycles. The summed E-state index contributed by atoms with van der Waals surface area (Å²) in [5.41, 5.74) is 2.50. The van der Waals surface area contributed by atoms with Crippen molar-refractivity contribution in [2.75, 3.05) is 19.7 Å². The third-order valence-electron chi connectivity index (χ3n) is 7.05. The maximum atomic E-state index is 12.9. The number of rotatable bonds is 8. The first-order valence-corrected chi connectivity index (χ1v) is 13.1. The molecule has 0 unspecified atom stereocenters. The molecule has 2 aromatic heterocycles. The molecule has 3 aromatic rings. The van der Waals surface area contributed by atoms with E-state index in [2.05, 4.69) is 20.2 Å². The summed E-state index contributed by atoms with van der Waals surface area (Å²) in [4.78, 5) is 25.3. The van der Waals surface area contributed by atoms with Crippen LogP contribution in [0.25, 0.3) is 10.9 Å². The number of halogens is 2. The van der Waals surface area contributed by atoms with Crippen LogP contribution in [0.5, 0.6) is 5.19 Å². The first-order valence-electron chi connectivity index (χ1n) is 12.3. The largest absolute Gasteiger partial charge is 0.464 e. The summed E-state index contributed by atoms with van der Waals surface area (Å²) in [7, 11) is 0. The van der Waals surface area contributed by atoms with Crippen molar-refractivity contribution in [3.8, 4) is 5.19 Å². The Labute approximate surface area is 207 Å². The fourth-order valence-electron chi connectivity index (χ4n) is 5.14. The molecular weight excluding hydrogens is 470 g/mol. The summed E-state index contributed by atoms with van der Waals surface area (Å²) in [5.74, 6) is 0.642. The van der Waals surface area contributed by atoms with E-state index in [9.17, 15) is 13.6 Å². The molecule has 186 valence electrons. The number of hydrogen-bond donors (Lipinski definition) is 1. The zero-order valence-electron chi connectivity index (χ0n) is 19.6. The van der Waals surface area contributed by atoms with Gasteiger partial charge < -0.3 is 10.1 Å². The zero-order chi connectivity index (χ0) is 24.2. The van der Waals surface area contributed by atoms with Crippen LogP contribution in [0.15, 0.2) is 36.5 Å². The van der Waals surface area contributed by atoms with Gasteiger partial charge in [0.15, 0.2) is 6.61 Å². The Morgan fingerprint density at radius 1 is 1.20 bits per heavy atom. The molecule has 1 fully saturated rings. The van der Waals surface area contributed by atoms with Gasteiger partial charge in [-0.1, -0.05) is 23.5 Å². The van der Waals surface area contributed by atoms with Gasteiger partial charge in [-0.25, -0.2) is 13.8 Å². The number of carbonyl (C=O) groups is 1. The molecule has 1 saturated carbocycles. The second-order valence-electron chi connectivity index (χ2n) is 9.43. The molecule has 0 atom stereocenters. The fourth-order valence-corrected chi connectivity index (χ4v) is 6.06. The minimum Gasteiger partial charge on any atom is -0.464 e. The van der Waals surface area contributed by atoms with Crippen LogP contribution in [-0.4, -0.2) is 52.9 Å². The Hall–Kier alpha value is -2.65. The van der Waals surface area contributed by atoms with Crippen molar-refractivity contribution in [2.45, 2.75) is 57.5 Å². The van der Waals surface area contributed by atoms with E-state index in [0.29, 0.717) is 16.7 Å². The van der Waals surface area contributed by atoms with Gasteiger partial charge >= 0.3 is 0 Å². The lowest BCUT2D eigenvalue weighted by Crippen LogP contribution is -2.38. The number of nitrogens with zero attached hydrogens (tertiary/aromatic N) is 3. The van der Waals surface area contributed by atoms with Crippen molar-refractivity contribution in [3.05, 3.63) is 52.7 Å². The summed E-state index contributed by atoms with van der Waals surface area (Å²) in [5, 5.41) is 4.49. The zero-order valence-corrected chi connectivity index (χ0v) is 20.4. The van der Waals surface area contributed by atoms with E-state index in [4.69, 9.17) is 4.74 Å². The molecular formula is C26H30F2N4O2S. The van der Waals surface area contributed by atoms with Gasteiger partial charge in [0.1, 0.15) is 0 Å². The minimum atomic E-state index is -2.48. The van der Waals surface area contributed by atoms with Crippen LogP contribution in [0.4, 0.5) is 8.78 Å². The average Bonchev–Trinajstić information content (AvgIpc) is 3.29. The van der Waals surface area contributed by atoms with E-state index < -0.39 is 13.0 Å². The van der Waals surface area contributed by atoms with E-state index in [1.165, 1.54) is 11.3 Å². The minimum absolute atomic E-state index is 0.0173. The maximum absolute atomic E-state index is 12.9. The van der Waals surface area contributed by atoms with E-state index >= 15 is 0 Å². The Morgan fingerprint density at radius 3 is 2.89 bits per heavy atom. The standard InChI is InChI=1S/C26H30F2N4O2S/c27-24(28)16-34-26-31-22-15-32(14-11-23(22)35-26)13-10-17-6-8-18(9-7-17)30-25(33)20-3-1-5-21-19(20)4-2-12-29-21/h1-5,12,17-18,24H,6-11,13-16H2,(H,30,33). The van der Waals surface area contributed by atoms with Gasteiger partial charge in [-0.05, 0) is 69.2 Å². The van der Waals surface area contributed by atoms with Gasteiger partial charge in [0.25, 0.3) is 17.5 Å². The van der Waals surface area contributed by atoms with Crippen LogP contribution in [0, 0.1) is 5.92 Å². The molecule has 1 aliphatic carbocycles. The van der Waals surface area contributed by atoms with Gasteiger partial charge in [0, 0.05) is 41.2 Å². The normalized spacial score (nSPS) is 20.7. The van der Waals surface area contributed by atoms with Crippen LogP contribution >= 0.6 is 11.3 Å². The van der Waals surface area contributed by atoms with Gasteiger partial charge in [0.2, 0.25) is 0 Å². The number of amides is 1. The molecule has 1 N–H and O–H groups in total. The monoisotopic (exact) mass is 500 g/mol. The number of benzene rings is 1. The molecule has 0 spiro atoms. The van der Waals surface area contributed by atoms with Crippen LogP contribution < -0.4 is 10.1 Å². The van der Waals surface area contributed by atoms with Crippen molar-refractivity contribution in [2.24, 2.45) is 5.92 Å². The third kappa shape index (κ3) is 5.95. The van der Waals surface area contributed by atoms with Gasteiger partial charge in [0.05, 0.1) is 11.2 Å². The molecule has 5 rings (SSSR count). The average molecular weight is 501 g/mol. The molecule has 0 saturated heterocycles. The number of ether oxygens (including phenoxy) is 1. The molecule has 9 heteroatoms. The van der Waals surface area contributed by atoms with Crippen molar-refractivity contribution in [3.63, 3.8) is 0 Å². The van der Waals surface area contributed by atoms with Crippen LogP contribution in [0.1, 0.15) is 53.0 Å². The number of hydrogen-bond acceptors (Lipinski definition) is 6. The van der Waals surface area contributed by atoms with E-state index in [1.807, 2.05) is 30.3 Å². The lowest BCUT2D eigenvalue weighted by molar-refractivity contribution is 0.0815. The highest BCUT2D eigenvalue weighted by molar-refractivity contribution is 7.13. The Kier molecular flexibility index (Phi) is 7.53. The Morgan fingerprint density at radius 2 is 2.06 bits per heavy atom. The Balaban J connectivity index is 1.06. The second-order valence-corrected chi connectivity index (χ2v) is 10.5. The molecule has 0 bridgehead atoms. The summed E-state index contributed by atoms with van der Waals surface area (Å²) >= 11 is 1.40. The number of thiazole rings is 1. The number of fused-ring (bicyclic) bond motifs is 2. The van der Waals surface area contributed by atoms with Crippen LogP contribution in [-0.2, 0) is 13.0 Å². The fraction of sp³-hybridized carbons (Fsp3) is 0.500. The highest BCUT2D eigenvalue weighted by Crippen LogP contribution is 2.32. The molecule has 1 aliphatic heterocycles. The lowest BCUT2D eigenvalue weighted by atomic mass is 9.84. The maximum Gasteiger partial charge on any atom is 0.273 e. The summed E-state index contributed by atoms with van der Waals surface area (Å²) < 4.78 is 29.9. The predicted octanol–water partition coefficient (Wildman–Crippen LogP) is 5.07. The molecule has 6 nitrogen and oxygen atoms in total. The lowest BCUT2D eigenvalue weighted by Gasteiger charge is -2.32. The molecule has 0 radical (unpaired) electrons. The summed E-state index contributed by atoms with van der Waals surface area (Å²) in [6.45, 7) is 2.14. The van der Waals surface area contributed by atoms with Crippen molar-refractivity contribution in [1.29, 1.82) is 0 Å². The van der Waals surface area contributed by atoms with Crippen molar-refractivity contribution < 1.29 is 18.3 Å². The number of aromatic nitrogens is 2. The quantitative estimate of drug-likeness (QED) is 0.468. The highest BCUT2D eigenvalue weighted by atomic mass is 32.1. The van der Waals surface area contributed by atoms with E-state index in [0.717, 1.165) is 79.6 Å². The third-order valence-corrected chi connectivity index (χ3v) is 8.12. The SMILES string of the molecule is O=C(NC1CCC(CCN2CCc3sc(OCC(F)F)nc3C2)CC1)c1cccc2ncccc12. The van der Waals surface area contributed by atoms with Crippen LogP contribution in [0.2, 0.25) is 0 Å². The first kappa shape index (κ1) is 24.1. The smallest absolute Gasteiger partial charge is 0.273 e. The van der Waals surface area contributed by atoms with E-state index in [1.54, 1.807) is 6.20 Å². The predicted molar refractivity (Wildman–Crippen MR) is 132 cm³/mol. The van der Waals surface area contributed by atoms with Gasteiger partial charge in [-0.15, -0.1) is 0 Å². The Bertz CT molecular complexity index is 1160. The summed E-state index contributed by atoms with van der Waals surface area (Å²) in [6, 6.07) is 9.70. The van der Waals surface area contributed by atoms with Crippen LogP contribution in [0.3, 0.4) is 0 Å². The molecule has 3 heterocycles. The number of carbonyl (C=O) groups excluding carboxylic acids is 1. The second kappa shape index (κ2) is 11.0. The van der Waals surface area contributed by atoms with Gasteiger partial charge in [-0.2, -0.15) is 0 Å². The first-order chi connectivity index (χ1) is 17.0. The van der Waals surface area contributed by atoms with E-state index in [-0.39, 0.29) is 11.9 Å². The molecule has 2 aliphatic rings. The number of alkyl halides is 2. The highest BCUT2D eigenvalue weighted by Gasteiger charge is 2.26. The number of pyridine rings is 1. The molecule has 1 amide bonds. The van der Waals surface area contributed by atoms with Gasteiger partial charge in [-0.3, -0.25) is 14.7 Å². The topological polar surface area (TPSA) is 67.4 Å². The van der Waals surface area contributed by atoms with Crippen molar-refractivity contribution >= 4 is 28.1 Å². The molecule has 35 heavy (non-hydrogen) atoms.